The number of nitrogens with one attached hydrogen (secondary N) is 1. The Bertz CT molecular complexity index is 669. The predicted octanol–water partition coefficient (Wildman–Crippen LogP) is 3.18. The maximum Gasteiger partial charge on any atom is 0.239 e. The first-order chi connectivity index (χ1) is 12.0. The Balaban J connectivity index is 1.67. The van der Waals surface area contributed by atoms with Gasteiger partial charge in [0.1, 0.15) is 11.1 Å². The van der Waals surface area contributed by atoms with E-state index >= 15 is 0 Å². The molecule has 1 fully saturated rings. The second kappa shape index (κ2) is 7.86. The molecular formula is C19H27N3O2S. The van der Waals surface area contributed by atoms with Crippen molar-refractivity contribution in [1.29, 1.82) is 5.26 Å². The molecule has 0 saturated carbocycles. The van der Waals surface area contributed by atoms with Crippen LogP contribution >= 0.6 is 11.3 Å². The highest BCUT2D eigenvalue weighted by atomic mass is 32.1. The maximum absolute atomic E-state index is 12.5. The molecule has 6 heteroatoms. The number of hydrogen-bond donors (Lipinski definition) is 1. The van der Waals surface area contributed by atoms with Crippen molar-refractivity contribution in [3.05, 3.63) is 16.0 Å². The van der Waals surface area contributed by atoms with Crippen molar-refractivity contribution in [3.8, 4) is 6.07 Å². The van der Waals surface area contributed by atoms with E-state index in [1.807, 2.05) is 13.8 Å². The molecule has 0 spiro atoms. The Labute approximate surface area is 154 Å². The van der Waals surface area contributed by atoms with Crippen molar-refractivity contribution in [1.82, 2.24) is 4.90 Å². The lowest BCUT2D eigenvalue weighted by atomic mass is 9.86. The minimum absolute atomic E-state index is 0.0385. The lowest BCUT2D eigenvalue weighted by molar-refractivity contribution is -0.121. The monoisotopic (exact) mass is 361 g/mol. The second-order valence-electron chi connectivity index (χ2n) is 7.34. The van der Waals surface area contributed by atoms with E-state index in [1.165, 1.54) is 16.9 Å². The van der Waals surface area contributed by atoms with Gasteiger partial charge in [0.15, 0.2) is 0 Å². The zero-order valence-corrected chi connectivity index (χ0v) is 16.1. The number of anilines is 1. The molecule has 0 radical (unpaired) electrons. The van der Waals surface area contributed by atoms with E-state index < -0.39 is 0 Å². The highest BCUT2D eigenvalue weighted by Crippen LogP contribution is 2.39. The molecule has 1 aromatic heterocycles. The summed E-state index contributed by atoms with van der Waals surface area (Å²) in [4.78, 5) is 15.9. The standard InChI is InChI=1S/C19H27N3O2S/c1-4-14-5-6-15-16(8-20)19(25-17(15)7-14)21-18(23)11-22-9-12(2)24-13(3)10-22/h12-14H,4-7,9-11H2,1-3H3,(H,21,23)/t12-,13-,14-/m1/s1. The van der Waals surface area contributed by atoms with Crippen LogP contribution < -0.4 is 5.32 Å². The average molecular weight is 362 g/mol. The number of ether oxygens (including phenoxy) is 1. The molecule has 2 heterocycles. The Morgan fingerprint density at radius 3 is 2.76 bits per heavy atom. The van der Waals surface area contributed by atoms with Gasteiger partial charge < -0.3 is 10.1 Å². The number of carbonyl (C=O) groups excluding carboxylic acids is 1. The van der Waals surface area contributed by atoms with Crippen LogP contribution in [0.15, 0.2) is 0 Å². The molecule has 3 rings (SSSR count). The topological polar surface area (TPSA) is 65.4 Å². The molecule has 1 aromatic rings. The lowest BCUT2D eigenvalue weighted by Gasteiger charge is -2.34. The summed E-state index contributed by atoms with van der Waals surface area (Å²) in [5.74, 6) is 0.668. The van der Waals surface area contributed by atoms with Crippen LogP contribution in [0, 0.1) is 17.2 Å². The van der Waals surface area contributed by atoms with Gasteiger partial charge in [-0.2, -0.15) is 5.26 Å². The fourth-order valence-electron chi connectivity index (χ4n) is 3.99. The fraction of sp³-hybridized carbons (Fsp3) is 0.684. The number of hydrogen-bond acceptors (Lipinski definition) is 5. The molecule has 25 heavy (non-hydrogen) atoms. The van der Waals surface area contributed by atoms with Crippen LogP contribution in [0.4, 0.5) is 5.00 Å². The number of carbonyl (C=O) groups is 1. The summed E-state index contributed by atoms with van der Waals surface area (Å²) >= 11 is 1.60. The maximum atomic E-state index is 12.5. The van der Waals surface area contributed by atoms with E-state index in [4.69, 9.17) is 4.74 Å². The van der Waals surface area contributed by atoms with Gasteiger partial charge in [-0.05, 0) is 44.6 Å². The smallest absolute Gasteiger partial charge is 0.239 e. The first-order valence-corrected chi connectivity index (χ1v) is 10.0. The minimum atomic E-state index is -0.0385. The molecule has 0 aromatic carbocycles. The third-order valence-electron chi connectivity index (χ3n) is 5.17. The number of thiophene rings is 1. The Morgan fingerprint density at radius 1 is 1.40 bits per heavy atom. The Morgan fingerprint density at radius 2 is 2.12 bits per heavy atom. The summed E-state index contributed by atoms with van der Waals surface area (Å²) < 4.78 is 5.71. The molecule has 1 aliphatic heterocycles. The number of morpholine rings is 1. The van der Waals surface area contributed by atoms with Crippen molar-refractivity contribution < 1.29 is 9.53 Å². The molecule has 1 saturated heterocycles. The molecular weight excluding hydrogens is 334 g/mol. The zero-order valence-electron chi connectivity index (χ0n) is 15.3. The number of nitriles is 1. The molecule has 136 valence electrons. The van der Waals surface area contributed by atoms with E-state index in [2.05, 4.69) is 23.2 Å². The van der Waals surface area contributed by atoms with Gasteiger partial charge in [-0.15, -0.1) is 11.3 Å². The second-order valence-corrected chi connectivity index (χ2v) is 8.44. The third kappa shape index (κ3) is 4.22. The summed E-state index contributed by atoms with van der Waals surface area (Å²) in [6.45, 7) is 8.17. The molecule has 1 aliphatic carbocycles. The van der Waals surface area contributed by atoms with Crippen LogP contribution in [0.3, 0.4) is 0 Å². The van der Waals surface area contributed by atoms with Crippen LogP contribution in [-0.4, -0.2) is 42.6 Å². The van der Waals surface area contributed by atoms with Gasteiger partial charge in [0.2, 0.25) is 5.91 Å². The van der Waals surface area contributed by atoms with Crippen molar-refractivity contribution >= 4 is 22.2 Å². The van der Waals surface area contributed by atoms with Gasteiger partial charge in [0.05, 0.1) is 24.3 Å². The van der Waals surface area contributed by atoms with Gasteiger partial charge >= 0.3 is 0 Å². The summed E-state index contributed by atoms with van der Waals surface area (Å²) in [6, 6.07) is 2.32. The Hall–Kier alpha value is -1.42. The molecule has 1 amide bonds. The van der Waals surface area contributed by atoms with E-state index in [0.717, 1.165) is 37.4 Å². The molecule has 5 nitrogen and oxygen atoms in total. The fourth-order valence-corrected chi connectivity index (χ4v) is 5.32. The largest absolute Gasteiger partial charge is 0.373 e. The molecule has 0 bridgehead atoms. The van der Waals surface area contributed by atoms with Crippen LogP contribution in [0.1, 0.15) is 49.6 Å². The first kappa shape index (κ1) is 18.4. The van der Waals surface area contributed by atoms with Crippen molar-refractivity contribution in [2.75, 3.05) is 25.0 Å². The quantitative estimate of drug-likeness (QED) is 0.894. The van der Waals surface area contributed by atoms with Crippen molar-refractivity contribution in [3.63, 3.8) is 0 Å². The highest BCUT2D eigenvalue weighted by molar-refractivity contribution is 7.16. The van der Waals surface area contributed by atoms with Crippen LogP contribution in [0.25, 0.3) is 0 Å². The summed E-state index contributed by atoms with van der Waals surface area (Å²) in [7, 11) is 0. The first-order valence-electron chi connectivity index (χ1n) is 9.22. The van der Waals surface area contributed by atoms with Crippen molar-refractivity contribution in [2.45, 2.75) is 58.7 Å². The van der Waals surface area contributed by atoms with Crippen LogP contribution in [0.5, 0.6) is 0 Å². The SMILES string of the molecule is CC[C@@H]1CCc2c(sc(NC(=O)CN3C[C@@H](C)O[C@H](C)C3)c2C#N)C1. The predicted molar refractivity (Wildman–Crippen MR) is 99.9 cm³/mol. The molecule has 3 atom stereocenters. The van der Waals surface area contributed by atoms with Gasteiger partial charge in [0, 0.05) is 18.0 Å². The molecule has 0 unspecified atom stereocenters. The van der Waals surface area contributed by atoms with E-state index in [-0.39, 0.29) is 18.1 Å². The lowest BCUT2D eigenvalue weighted by Crippen LogP contribution is -2.48. The highest BCUT2D eigenvalue weighted by Gasteiger charge is 2.27. The number of rotatable bonds is 4. The van der Waals surface area contributed by atoms with Gasteiger partial charge in [-0.3, -0.25) is 9.69 Å². The van der Waals surface area contributed by atoms with E-state index in [1.54, 1.807) is 11.3 Å². The van der Waals surface area contributed by atoms with Crippen LogP contribution in [0.2, 0.25) is 0 Å². The molecule has 1 N–H and O–H groups in total. The van der Waals surface area contributed by atoms with Gasteiger partial charge in [-0.25, -0.2) is 0 Å². The summed E-state index contributed by atoms with van der Waals surface area (Å²) in [5.41, 5.74) is 1.85. The average Bonchev–Trinajstić information content (AvgIpc) is 2.89. The van der Waals surface area contributed by atoms with Crippen molar-refractivity contribution in [2.24, 2.45) is 5.92 Å². The molecule has 2 aliphatic rings. The van der Waals surface area contributed by atoms with Gasteiger partial charge in [-0.1, -0.05) is 13.3 Å². The van der Waals surface area contributed by atoms with E-state index in [9.17, 15) is 10.1 Å². The van der Waals surface area contributed by atoms with Gasteiger partial charge in [0.25, 0.3) is 0 Å². The van der Waals surface area contributed by atoms with Crippen LogP contribution in [-0.2, 0) is 22.4 Å². The normalized spacial score (nSPS) is 26.7. The number of fused-ring (bicyclic) bond motifs is 1. The summed E-state index contributed by atoms with van der Waals surface area (Å²) in [6.07, 6.45) is 4.61. The third-order valence-corrected chi connectivity index (χ3v) is 6.34. The number of amides is 1. The van der Waals surface area contributed by atoms with E-state index in [0.29, 0.717) is 18.0 Å². The minimum Gasteiger partial charge on any atom is -0.373 e. The Kier molecular flexibility index (Phi) is 5.78. The zero-order chi connectivity index (χ0) is 18.0. The summed E-state index contributed by atoms with van der Waals surface area (Å²) in [5, 5.41) is 13.3. The number of nitrogens with zero attached hydrogens (tertiary/aromatic N) is 2.